The molecule has 0 radical (unpaired) electrons. The molecular weight excluding hydrogens is 511 g/mol. The van der Waals surface area contributed by atoms with Gasteiger partial charge in [-0.2, -0.15) is 5.10 Å². The number of ether oxygens (including phenoxy) is 1. The second kappa shape index (κ2) is 11.3. The summed E-state index contributed by atoms with van der Waals surface area (Å²) in [5, 5.41) is 9.61. The molecule has 1 aliphatic heterocycles. The smallest absolute Gasteiger partial charge is 0.240 e. The zero-order chi connectivity index (χ0) is 25.8. The van der Waals surface area contributed by atoms with Gasteiger partial charge in [-0.15, -0.1) is 23.1 Å². The average molecular weight is 537 g/mol. The first kappa shape index (κ1) is 25.2. The number of hydrogen-bond acceptors (Lipinski definition) is 6. The number of rotatable bonds is 8. The molecule has 190 valence electrons. The van der Waals surface area contributed by atoms with Crippen LogP contribution in [0.4, 0.5) is 10.2 Å². The number of fused-ring (bicyclic) bond motifs is 1. The third kappa shape index (κ3) is 5.31. The van der Waals surface area contributed by atoms with E-state index in [9.17, 15) is 14.0 Å². The number of nitrogens with zero attached hydrogens (tertiary/aromatic N) is 3. The number of thioether (sulfide) groups is 1. The van der Waals surface area contributed by atoms with Crippen LogP contribution < -0.4 is 10.2 Å². The number of methoxy groups -OCH3 is 1. The number of benzene rings is 2. The normalized spacial score (nSPS) is 15.4. The highest BCUT2D eigenvalue weighted by Gasteiger charge is 2.38. The van der Waals surface area contributed by atoms with E-state index >= 15 is 0 Å². The highest BCUT2D eigenvalue weighted by molar-refractivity contribution is 8.00. The van der Waals surface area contributed by atoms with Gasteiger partial charge in [-0.05, 0) is 35.7 Å². The number of carbonyl (C=O) groups excluding carboxylic acids is 2. The van der Waals surface area contributed by atoms with Crippen molar-refractivity contribution >= 4 is 40.7 Å². The Labute approximate surface area is 222 Å². The molecule has 0 spiro atoms. The van der Waals surface area contributed by atoms with Crippen LogP contribution in [0.2, 0.25) is 0 Å². The summed E-state index contributed by atoms with van der Waals surface area (Å²) in [6.45, 7) is 0.532. The molecule has 4 aromatic rings. The fourth-order valence-electron chi connectivity index (χ4n) is 4.25. The van der Waals surface area contributed by atoms with Crippen molar-refractivity contribution in [3.63, 3.8) is 0 Å². The van der Waals surface area contributed by atoms with Crippen molar-refractivity contribution in [2.24, 2.45) is 0 Å². The molecule has 0 saturated heterocycles. The molecule has 37 heavy (non-hydrogen) atoms. The van der Waals surface area contributed by atoms with E-state index in [4.69, 9.17) is 9.84 Å². The second-order valence-electron chi connectivity index (χ2n) is 8.37. The van der Waals surface area contributed by atoms with Gasteiger partial charge < -0.3 is 10.1 Å². The maximum absolute atomic E-state index is 13.8. The van der Waals surface area contributed by atoms with Crippen LogP contribution in [0.15, 0.2) is 72.1 Å². The molecule has 1 unspecified atom stereocenters. The number of anilines is 1. The van der Waals surface area contributed by atoms with Gasteiger partial charge in [0, 0.05) is 29.7 Å². The summed E-state index contributed by atoms with van der Waals surface area (Å²) < 4.78 is 20.5. The molecule has 2 aromatic heterocycles. The maximum atomic E-state index is 13.8. The number of hydrogen-bond donors (Lipinski definition) is 1. The van der Waals surface area contributed by atoms with E-state index in [-0.39, 0.29) is 35.2 Å². The SMILES string of the molecule is COCCNC(=O)CN1C(=O)CSC(c2cccs2)c2c(-c3ccccc3)nn(-c3ccc(F)cc3)c21. The molecule has 0 bridgehead atoms. The Balaban J connectivity index is 1.72. The maximum Gasteiger partial charge on any atom is 0.240 e. The molecule has 3 heterocycles. The quantitative estimate of drug-likeness (QED) is 0.331. The fourth-order valence-corrected chi connectivity index (χ4v) is 6.42. The molecule has 0 aliphatic carbocycles. The van der Waals surface area contributed by atoms with E-state index < -0.39 is 0 Å². The molecule has 1 aliphatic rings. The Morgan fingerprint density at radius 2 is 1.92 bits per heavy atom. The fraction of sp³-hybridized carbons (Fsp3) is 0.222. The highest BCUT2D eigenvalue weighted by Crippen LogP contribution is 2.49. The first-order valence-corrected chi connectivity index (χ1v) is 13.6. The number of halogens is 1. The zero-order valence-corrected chi connectivity index (χ0v) is 21.7. The van der Waals surface area contributed by atoms with Crippen LogP contribution in [-0.2, 0) is 14.3 Å². The summed E-state index contributed by atoms with van der Waals surface area (Å²) in [4.78, 5) is 29.0. The standard InChI is InChI=1S/C27H25FN4O3S2/c1-35-14-13-29-22(33)16-31-23(34)17-37-26(21-8-5-15-36-21)24-25(18-6-3-2-4-7-18)30-32(27(24)31)20-11-9-19(28)10-12-20/h2-12,15,26H,13-14,16-17H2,1H3,(H,29,33). The lowest BCUT2D eigenvalue weighted by Crippen LogP contribution is -2.43. The lowest BCUT2D eigenvalue weighted by atomic mass is 10.0. The van der Waals surface area contributed by atoms with Crippen molar-refractivity contribution in [1.29, 1.82) is 0 Å². The van der Waals surface area contributed by atoms with Crippen LogP contribution in [0.5, 0.6) is 0 Å². The van der Waals surface area contributed by atoms with Gasteiger partial charge in [0.15, 0.2) is 0 Å². The Bertz CT molecular complexity index is 1370. The predicted octanol–water partition coefficient (Wildman–Crippen LogP) is 4.67. The molecule has 5 rings (SSSR count). The van der Waals surface area contributed by atoms with Crippen molar-refractivity contribution in [3.05, 3.63) is 88.4 Å². The molecule has 2 amide bonds. The molecular formula is C27H25FN4O3S2. The van der Waals surface area contributed by atoms with E-state index in [1.165, 1.54) is 28.8 Å². The Kier molecular flexibility index (Phi) is 7.68. The lowest BCUT2D eigenvalue weighted by Gasteiger charge is -2.23. The minimum atomic E-state index is -0.372. The zero-order valence-electron chi connectivity index (χ0n) is 20.1. The second-order valence-corrected chi connectivity index (χ2v) is 10.4. The van der Waals surface area contributed by atoms with Crippen molar-refractivity contribution in [1.82, 2.24) is 15.1 Å². The minimum absolute atomic E-state index is 0.172. The molecule has 1 atom stereocenters. The van der Waals surface area contributed by atoms with Crippen LogP contribution in [0, 0.1) is 5.82 Å². The monoisotopic (exact) mass is 536 g/mol. The van der Waals surface area contributed by atoms with Crippen LogP contribution in [0.1, 0.15) is 15.7 Å². The van der Waals surface area contributed by atoms with E-state index in [1.807, 2.05) is 47.8 Å². The van der Waals surface area contributed by atoms with Crippen molar-refractivity contribution in [2.75, 3.05) is 37.5 Å². The van der Waals surface area contributed by atoms with Crippen LogP contribution in [-0.4, -0.2) is 54.2 Å². The first-order chi connectivity index (χ1) is 18.1. The van der Waals surface area contributed by atoms with Crippen LogP contribution in [0.25, 0.3) is 16.9 Å². The minimum Gasteiger partial charge on any atom is -0.383 e. The van der Waals surface area contributed by atoms with Crippen LogP contribution in [0.3, 0.4) is 0 Å². The van der Waals surface area contributed by atoms with Gasteiger partial charge in [-0.1, -0.05) is 36.4 Å². The van der Waals surface area contributed by atoms with E-state index in [1.54, 1.807) is 35.3 Å². The Morgan fingerprint density at radius 3 is 2.62 bits per heavy atom. The van der Waals surface area contributed by atoms with E-state index in [2.05, 4.69) is 5.32 Å². The predicted molar refractivity (Wildman–Crippen MR) is 145 cm³/mol. The summed E-state index contributed by atoms with van der Waals surface area (Å²) in [6.07, 6.45) is 0. The van der Waals surface area contributed by atoms with Crippen molar-refractivity contribution < 1.29 is 18.7 Å². The molecule has 7 nitrogen and oxygen atoms in total. The largest absolute Gasteiger partial charge is 0.383 e. The summed E-state index contributed by atoms with van der Waals surface area (Å²) in [6, 6.07) is 19.8. The summed E-state index contributed by atoms with van der Waals surface area (Å²) in [7, 11) is 1.56. The van der Waals surface area contributed by atoms with E-state index in [0.717, 1.165) is 16.0 Å². The number of aromatic nitrogens is 2. The number of amides is 2. The lowest BCUT2D eigenvalue weighted by molar-refractivity contribution is -0.123. The average Bonchev–Trinajstić information content (AvgIpc) is 3.55. The topological polar surface area (TPSA) is 76.5 Å². The van der Waals surface area contributed by atoms with Crippen molar-refractivity contribution in [3.8, 4) is 16.9 Å². The van der Waals surface area contributed by atoms with Gasteiger partial charge >= 0.3 is 0 Å². The summed E-state index contributed by atoms with van der Waals surface area (Å²) >= 11 is 3.13. The Hall–Kier alpha value is -3.47. The van der Waals surface area contributed by atoms with Crippen LogP contribution >= 0.6 is 23.1 Å². The molecule has 0 fully saturated rings. The molecule has 0 saturated carbocycles. The summed E-state index contributed by atoms with van der Waals surface area (Å²) in [5.74, 6) is -0.164. The van der Waals surface area contributed by atoms with Gasteiger partial charge in [0.2, 0.25) is 11.8 Å². The van der Waals surface area contributed by atoms with Gasteiger partial charge in [0.05, 0.1) is 29.0 Å². The van der Waals surface area contributed by atoms with Gasteiger partial charge in [-0.25, -0.2) is 9.07 Å². The molecule has 1 N–H and O–H groups in total. The van der Waals surface area contributed by atoms with E-state index in [0.29, 0.717) is 30.4 Å². The van der Waals surface area contributed by atoms with Gasteiger partial charge in [-0.3, -0.25) is 14.5 Å². The Morgan fingerprint density at radius 1 is 1.14 bits per heavy atom. The third-order valence-corrected chi connectivity index (χ3v) is 8.26. The van der Waals surface area contributed by atoms with Gasteiger partial charge in [0.25, 0.3) is 0 Å². The number of nitrogens with one attached hydrogen (secondary N) is 1. The van der Waals surface area contributed by atoms with Gasteiger partial charge in [0.1, 0.15) is 18.2 Å². The van der Waals surface area contributed by atoms with Crippen molar-refractivity contribution in [2.45, 2.75) is 5.25 Å². The molecule has 2 aromatic carbocycles. The highest BCUT2D eigenvalue weighted by atomic mass is 32.2. The number of carbonyl (C=O) groups is 2. The summed E-state index contributed by atoms with van der Waals surface area (Å²) in [5.41, 5.74) is 3.04. The first-order valence-electron chi connectivity index (χ1n) is 11.7. The number of thiophene rings is 1. The molecule has 10 heteroatoms. The third-order valence-electron chi connectivity index (χ3n) is 5.94.